The molecule has 0 saturated carbocycles. The molecule has 0 fully saturated rings. The highest BCUT2D eigenvalue weighted by Crippen LogP contribution is 2.38. The van der Waals surface area contributed by atoms with Gasteiger partial charge in [-0.2, -0.15) is 0 Å². The smallest absolute Gasteiger partial charge is 0.318 e. The Kier molecular flexibility index (Phi) is 5.22. The monoisotopic (exact) mass is 420 g/mol. The molecule has 0 aliphatic carbocycles. The number of carbonyl (C=O) groups is 2. The molecule has 0 spiro atoms. The molecule has 8 heteroatoms. The number of ketones is 1. The summed E-state index contributed by atoms with van der Waals surface area (Å²) in [6.45, 7) is 6.63. The van der Waals surface area contributed by atoms with Crippen LogP contribution in [0.25, 0.3) is 5.57 Å². The molecule has 3 heterocycles. The second kappa shape index (κ2) is 7.86. The zero-order chi connectivity index (χ0) is 22.2. The first-order chi connectivity index (χ1) is 14.7. The highest BCUT2D eigenvalue weighted by atomic mass is 16.2. The summed E-state index contributed by atoms with van der Waals surface area (Å²) < 4.78 is 1.54. The lowest BCUT2D eigenvalue weighted by molar-refractivity contribution is 0.0913. The van der Waals surface area contributed by atoms with E-state index in [9.17, 15) is 9.59 Å². The van der Waals surface area contributed by atoms with Crippen LogP contribution in [0.2, 0.25) is 0 Å². The number of anilines is 2. The molecule has 2 amide bonds. The van der Waals surface area contributed by atoms with Gasteiger partial charge < -0.3 is 26.7 Å². The van der Waals surface area contributed by atoms with Gasteiger partial charge in [-0.25, -0.2) is 4.79 Å². The Morgan fingerprint density at radius 3 is 2.55 bits per heavy atom. The lowest BCUT2D eigenvalue weighted by Gasteiger charge is -2.30. The van der Waals surface area contributed by atoms with Crippen molar-refractivity contribution >= 4 is 28.8 Å². The van der Waals surface area contributed by atoms with Crippen molar-refractivity contribution in [2.75, 3.05) is 24.2 Å². The SMILES string of the molecule is CC(C)(C)NC(=O)N1CC(=O)c2c(Nc3ccccc3)c(C3=CCNC=C3)n(N)c2C1. The Morgan fingerprint density at radius 1 is 1.16 bits per heavy atom. The van der Waals surface area contributed by atoms with E-state index in [0.29, 0.717) is 23.5 Å². The van der Waals surface area contributed by atoms with Crippen LogP contribution in [-0.4, -0.2) is 40.0 Å². The summed E-state index contributed by atoms with van der Waals surface area (Å²) in [7, 11) is 0. The molecule has 31 heavy (non-hydrogen) atoms. The minimum absolute atomic E-state index is 0.00171. The summed E-state index contributed by atoms with van der Waals surface area (Å²) in [6, 6.07) is 9.38. The lowest BCUT2D eigenvalue weighted by Crippen LogP contribution is -2.51. The van der Waals surface area contributed by atoms with Gasteiger partial charge in [0.25, 0.3) is 0 Å². The van der Waals surface area contributed by atoms with Crippen LogP contribution in [0.3, 0.4) is 0 Å². The quantitative estimate of drug-likeness (QED) is 0.572. The fourth-order valence-electron chi connectivity index (χ4n) is 3.83. The normalized spacial score (nSPS) is 15.8. The fraction of sp³-hybridized carbons (Fsp3) is 0.304. The number of fused-ring (bicyclic) bond motifs is 1. The molecule has 4 rings (SSSR count). The molecule has 0 saturated heterocycles. The van der Waals surface area contributed by atoms with E-state index in [4.69, 9.17) is 5.84 Å². The van der Waals surface area contributed by atoms with E-state index in [1.807, 2.05) is 69.5 Å². The van der Waals surface area contributed by atoms with E-state index in [0.717, 1.165) is 17.0 Å². The van der Waals surface area contributed by atoms with Crippen LogP contribution in [0.15, 0.2) is 48.7 Å². The zero-order valence-corrected chi connectivity index (χ0v) is 18.0. The van der Waals surface area contributed by atoms with Crippen molar-refractivity contribution in [1.82, 2.24) is 20.2 Å². The number of urea groups is 1. The first-order valence-electron chi connectivity index (χ1n) is 10.3. The molecule has 8 nitrogen and oxygen atoms in total. The Balaban J connectivity index is 1.78. The molecular formula is C23H28N6O2. The molecule has 0 bridgehead atoms. The van der Waals surface area contributed by atoms with Crippen molar-refractivity contribution in [3.63, 3.8) is 0 Å². The number of carbonyl (C=O) groups excluding carboxylic acids is 2. The molecule has 1 aromatic carbocycles. The number of benzene rings is 1. The number of Topliss-reactive ketones (excluding diaryl/α,β-unsaturated/α-hetero) is 1. The summed E-state index contributed by atoms with van der Waals surface area (Å²) in [5.74, 6) is 6.39. The van der Waals surface area contributed by atoms with E-state index in [1.54, 1.807) is 0 Å². The molecule has 0 unspecified atom stereocenters. The average molecular weight is 421 g/mol. The van der Waals surface area contributed by atoms with Crippen molar-refractivity contribution in [1.29, 1.82) is 0 Å². The number of amides is 2. The maximum absolute atomic E-state index is 13.2. The Hall–Kier alpha value is -3.68. The van der Waals surface area contributed by atoms with Crippen molar-refractivity contribution in [3.8, 4) is 0 Å². The largest absolute Gasteiger partial charge is 0.387 e. The van der Waals surface area contributed by atoms with Gasteiger partial charge in [0.15, 0.2) is 5.78 Å². The Labute approximate surface area is 181 Å². The van der Waals surface area contributed by atoms with Crippen LogP contribution < -0.4 is 21.8 Å². The highest BCUT2D eigenvalue weighted by molar-refractivity contribution is 6.09. The van der Waals surface area contributed by atoms with Gasteiger partial charge in [-0.3, -0.25) is 9.47 Å². The third kappa shape index (κ3) is 4.14. The predicted octanol–water partition coefficient (Wildman–Crippen LogP) is 2.95. The second-order valence-electron chi connectivity index (χ2n) is 8.77. The number of nitrogens with zero attached hydrogens (tertiary/aromatic N) is 2. The third-order valence-electron chi connectivity index (χ3n) is 5.17. The van der Waals surface area contributed by atoms with Gasteiger partial charge in [0.05, 0.1) is 35.7 Å². The number of allylic oxidation sites excluding steroid dienone is 2. The maximum Gasteiger partial charge on any atom is 0.318 e. The van der Waals surface area contributed by atoms with Gasteiger partial charge in [-0.1, -0.05) is 24.3 Å². The minimum atomic E-state index is -0.402. The number of nitrogens with one attached hydrogen (secondary N) is 3. The predicted molar refractivity (Wildman–Crippen MR) is 122 cm³/mol. The summed E-state index contributed by atoms with van der Waals surface area (Å²) in [5, 5.41) is 9.45. The molecule has 0 radical (unpaired) electrons. The van der Waals surface area contributed by atoms with Gasteiger partial charge >= 0.3 is 6.03 Å². The number of rotatable bonds is 3. The number of hydrogen-bond acceptors (Lipinski definition) is 5. The molecule has 0 atom stereocenters. The molecule has 2 aliphatic heterocycles. The Morgan fingerprint density at radius 2 is 1.90 bits per heavy atom. The fourth-order valence-corrected chi connectivity index (χ4v) is 3.83. The van der Waals surface area contributed by atoms with E-state index in [-0.39, 0.29) is 24.9 Å². The van der Waals surface area contributed by atoms with Crippen molar-refractivity contribution in [2.45, 2.75) is 32.9 Å². The van der Waals surface area contributed by atoms with E-state index >= 15 is 0 Å². The molecule has 162 valence electrons. The third-order valence-corrected chi connectivity index (χ3v) is 5.17. The number of nitrogens with two attached hydrogens (primary N) is 1. The van der Waals surface area contributed by atoms with Crippen LogP contribution in [0.4, 0.5) is 16.2 Å². The number of aromatic nitrogens is 1. The summed E-state index contributed by atoms with van der Waals surface area (Å²) in [5.41, 5.74) is 3.90. The second-order valence-corrected chi connectivity index (χ2v) is 8.77. The van der Waals surface area contributed by atoms with Crippen LogP contribution in [0.5, 0.6) is 0 Å². The van der Waals surface area contributed by atoms with Crippen LogP contribution >= 0.6 is 0 Å². The average Bonchev–Trinajstić information content (AvgIpc) is 3.00. The van der Waals surface area contributed by atoms with E-state index < -0.39 is 5.54 Å². The number of nitrogen functional groups attached to an aromatic ring is 1. The summed E-state index contributed by atoms with van der Waals surface area (Å²) in [4.78, 5) is 27.5. The van der Waals surface area contributed by atoms with Crippen LogP contribution in [0, 0.1) is 0 Å². The van der Waals surface area contributed by atoms with Crippen LogP contribution in [0.1, 0.15) is 42.5 Å². The number of para-hydroxylation sites is 1. The summed E-state index contributed by atoms with van der Waals surface area (Å²) in [6.07, 6.45) is 5.81. The number of dihydropyridines is 1. The van der Waals surface area contributed by atoms with Gasteiger partial charge in [-0.15, -0.1) is 0 Å². The zero-order valence-electron chi connectivity index (χ0n) is 18.0. The molecular weight excluding hydrogens is 392 g/mol. The molecule has 2 aromatic rings. The first-order valence-corrected chi connectivity index (χ1v) is 10.3. The molecule has 5 N–H and O–H groups in total. The Bertz CT molecular complexity index is 1080. The van der Waals surface area contributed by atoms with Crippen molar-refractivity contribution < 1.29 is 9.59 Å². The van der Waals surface area contributed by atoms with Gasteiger partial charge in [0, 0.05) is 23.3 Å². The summed E-state index contributed by atoms with van der Waals surface area (Å²) >= 11 is 0. The molecule has 1 aromatic heterocycles. The number of hydrogen-bond donors (Lipinski definition) is 4. The van der Waals surface area contributed by atoms with E-state index in [2.05, 4.69) is 16.0 Å². The van der Waals surface area contributed by atoms with Crippen molar-refractivity contribution in [3.05, 3.63) is 65.6 Å². The topological polar surface area (TPSA) is 104 Å². The first kappa shape index (κ1) is 20.6. The highest BCUT2D eigenvalue weighted by Gasteiger charge is 2.36. The molecule has 2 aliphatic rings. The van der Waals surface area contributed by atoms with Gasteiger partial charge in [0.1, 0.15) is 0 Å². The maximum atomic E-state index is 13.2. The minimum Gasteiger partial charge on any atom is -0.387 e. The van der Waals surface area contributed by atoms with Crippen molar-refractivity contribution in [2.24, 2.45) is 0 Å². The van der Waals surface area contributed by atoms with Gasteiger partial charge in [0.2, 0.25) is 0 Å². The van der Waals surface area contributed by atoms with Crippen LogP contribution in [-0.2, 0) is 6.54 Å². The standard InChI is InChI=1S/C23H28N6O2/c1-23(2,3)27-22(31)28-13-17-19(18(30)14-28)20(26-16-7-5-4-6-8-16)21(29(17)24)15-9-11-25-12-10-15/h4-11,25-26H,12-14,24H2,1-3H3,(H,27,31). The lowest BCUT2D eigenvalue weighted by atomic mass is 10.0. The van der Waals surface area contributed by atoms with E-state index in [1.165, 1.54) is 9.58 Å². The van der Waals surface area contributed by atoms with Gasteiger partial charge in [-0.05, 0) is 45.2 Å².